The third-order valence-electron chi connectivity index (χ3n) is 2.73. The first-order valence-corrected chi connectivity index (χ1v) is 7.82. The van der Waals surface area contributed by atoms with E-state index in [0.717, 1.165) is 5.56 Å². The molecule has 0 aliphatic heterocycles. The fourth-order valence-electron chi connectivity index (χ4n) is 1.79. The molecular weight excluding hydrogens is 274 g/mol. The minimum Gasteiger partial charge on any atom is -0.492 e. The number of nitrogens with one attached hydrogen (secondary N) is 1. The van der Waals surface area contributed by atoms with E-state index in [1.807, 2.05) is 26.0 Å². The maximum Gasteiger partial charge on any atom is 0.262 e. The quantitative estimate of drug-likeness (QED) is 0.920. The topological polar surface area (TPSA) is 55.4 Å². The van der Waals surface area contributed by atoms with Gasteiger partial charge in [0.25, 0.3) is 10.0 Å². The molecule has 2 aromatic rings. The van der Waals surface area contributed by atoms with Crippen molar-refractivity contribution in [2.75, 3.05) is 11.3 Å². The highest BCUT2D eigenvalue weighted by molar-refractivity contribution is 7.92. The molecule has 0 aliphatic rings. The summed E-state index contributed by atoms with van der Waals surface area (Å²) in [6.45, 7) is 4.26. The molecule has 0 saturated heterocycles. The van der Waals surface area contributed by atoms with E-state index in [0.29, 0.717) is 18.0 Å². The van der Waals surface area contributed by atoms with E-state index in [1.165, 1.54) is 0 Å². The Balaban J connectivity index is 2.35. The number of benzene rings is 2. The van der Waals surface area contributed by atoms with Crippen LogP contribution in [0.2, 0.25) is 0 Å². The molecule has 2 rings (SSSR count). The molecule has 0 saturated carbocycles. The maximum atomic E-state index is 12.3. The molecule has 0 radical (unpaired) electrons. The van der Waals surface area contributed by atoms with Crippen molar-refractivity contribution in [1.29, 1.82) is 0 Å². The van der Waals surface area contributed by atoms with Gasteiger partial charge in [-0.05, 0) is 43.7 Å². The SMILES string of the molecule is CCOc1cc(C)ccc1NS(=O)(=O)c1ccccc1. The summed E-state index contributed by atoms with van der Waals surface area (Å²) in [7, 11) is -3.60. The first-order chi connectivity index (χ1) is 9.53. The maximum absolute atomic E-state index is 12.3. The lowest BCUT2D eigenvalue weighted by atomic mass is 10.2. The number of ether oxygens (including phenoxy) is 1. The van der Waals surface area contributed by atoms with E-state index < -0.39 is 10.0 Å². The van der Waals surface area contributed by atoms with Crippen LogP contribution in [0, 0.1) is 6.92 Å². The van der Waals surface area contributed by atoms with Crippen LogP contribution < -0.4 is 9.46 Å². The zero-order chi connectivity index (χ0) is 14.6. The minimum absolute atomic E-state index is 0.225. The lowest BCUT2D eigenvalue weighted by Gasteiger charge is -2.13. The van der Waals surface area contributed by atoms with Gasteiger partial charge >= 0.3 is 0 Å². The van der Waals surface area contributed by atoms with Crippen LogP contribution in [0.15, 0.2) is 53.4 Å². The molecule has 0 bridgehead atoms. The van der Waals surface area contributed by atoms with Crippen molar-refractivity contribution in [1.82, 2.24) is 0 Å². The zero-order valence-electron chi connectivity index (χ0n) is 11.5. The molecule has 106 valence electrons. The Morgan fingerprint density at radius 2 is 1.80 bits per heavy atom. The van der Waals surface area contributed by atoms with Gasteiger partial charge in [-0.25, -0.2) is 8.42 Å². The number of hydrogen-bond acceptors (Lipinski definition) is 3. The first-order valence-electron chi connectivity index (χ1n) is 6.34. The number of aryl methyl sites for hydroxylation is 1. The van der Waals surface area contributed by atoms with Crippen LogP contribution in [-0.2, 0) is 10.0 Å². The summed E-state index contributed by atoms with van der Waals surface area (Å²) in [4.78, 5) is 0.225. The summed E-state index contributed by atoms with van der Waals surface area (Å²) in [5, 5.41) is 0. The Morgan fingerprint density at radius 3 is 2.45 bits per heavy atom. The highest BCUT2D eigenvalue weighted by atomic mass is 32.2. The van der Waals surface area contributed by atoms with E-state index >= 15 is 0 Å². The molecule has 0 amide bonds. The molecule has 2 aromatic carbocycles. The fraction of sp³-hybridized carbons (Fsp3) is 0.200. The molecule has 0 aliphatic carbocycles. The van der Waals surface area contributed by atoms with Crippen molar-refractivity contribution in [3.05, 3.63) is 54.1 Å². The van der Waals surface area contributed by atoms with Gasteiger partial charge < -0.3 is 4.74 Å². The normalized spacial score (nSPS) is 11.1. The highest BCUT2D eigenvalue weighted by Gasteiger charge is 2.16. The summed E-state index contributed by atoms with van der Waals surface area (Å²) in [6.07, 6.45) is 0. The average molecular weight is 291 g/mol. The largest absolute Gasteiger partial charge is 0.492 e. The second-order valence-corrected chi connectivity index (χ2v) is 6.03. The molecule has 20 heavy (non-hydrogen) atoms. The predicted octanol–water partition coefficient (Wildman–Crippen LogP) is 3.19. The summed E-state index contributed by atoms with van der Waals surface area (Å²) in [5.74, 6) is 0.534. The average Bonchev–Trinajstić information content (AvgIpc) is 2.43. The van der Waals surface area contributed by atoms with Crippen LogP contribution in [0.4, 0.5) is 5.69 Å². The number of anilines is 1. The van der Waals surface area contributed by atoms with Gasteiger partial charge in [0.15, 0.2) is 0 Å². The van der Waals surface area contributed by atoms with Crippen LogP contribution in [0.1, 0.15) is 12.5 Å². The van der Waals surface area contributed by atoms with E-state index in [2.05, 4.69) is 4.72 Å². The highest BCUT2D eigenvalue weighted by Crippen LogP contribution is 2.28. The molecule has 0 aromatic heterocycles. The van der Waals surface area contributed by atoms with Gasteiger partial charge in [-0.2, -0.15) is 0 Å². The standard InChI is InChI=1S/C15H17NO3S/c1-3-19-15-11-12(2)9-10-14(15)16-20(17,18)13-7-5-4-6-8-13/h4-11,16H,3H2,1-2H3. The molecule has 0 fully saturated rings. The summed E-state index contributed by atoms with van der Waals surface area (Å²) < 4.78 is 32.6. The smallest absolute Gasteiger partial charge is 0.262 e. The summed E-state index contributed by atoms with van der Waals surface area (Å²) >= 11 is 0. The molecule has 0 spiro atoms. The van der Waals surface area contributed by atoms with Gasteiger partial charge in [-0.15, -0.1) is 0 Å². The fourth-order valence-corrected chi connectivity index (χ4v) is 2.88. The molecule has 0 unspecified atom stereocenters. The second kappa shape index (κ2) is 5.96. The van der Waals surface area contributed by atoms with Crippen molar-refractivity contribution in [2.45, 2.75) is 18.7 Å². The lowest BCUT2D eigenvalue weighted by Crippen LogP contribution is -2.13. The summed E-state index contributed by atoms with van der Waals surface area (Å²) in [6, 6.07) is 13.6. The molecule has 0 atom stereocenters. The second-order valence-electron chi connectivity index (χ2n) is 4.35. The Bertz CT molecular complexity index is 682. The molecule has 1 N–H and O–H groups in total. The zero-order valence-corrected chi connectivity index (χ0v) is 12.3. The van der Waals surface area contributed by atoms with Crippen molar-refractivity contribution in [3.8, 4) is 5.75 Å². The van der Waals surface area contributed by atoms with Gasteiger partial charge in [0.05, 0.1) is 17.2 Å². The van der Waals surface area contributed by atoms with Gasteiger partial charge in [0, 0.05) is 0 Å². The van der Waals surface area contributed by atoms with Gasteiger partial charge in [0.1, 0.15) is 5.75 Å². The van der Waals surface area contributed by atoms with E-state index in [4.69, 9.17) is 4.74 Å². The molecular formula is C15H17NO3S. The summed E-state index contributed by atoms with van der Waals surface area (Å²) in [5.41, 5.74) is 1.46. The molecule has 0 heterocycles. The number of rotatable bonds is 5. The van der Waals surface area contributed by atoms with Gasteiger partial charge in [0.2, 0.25) is 0 Å². The van der Waals surface area contributed by atoms with Crippen LogP contribution in [-0.4, -0.2) is 15.0 Å². The molecule has 4 nitrogen and oxygen atoms in total. The third-order valence-corrected chi connectivity index (χ3v) is 4.12. The third kappa shape index (κ3) is 3.30. The van der Waals surface area contributed by atoms with E-state index in [-0.39, 0.29) is 4.90 Å². The van der Waals surface area contributed by atoms with Crippen LogP contribution in [0.3, 0.4) is 0 Å². The minimum atomic E-state index is -3.60. The Labute approximate surface area is 119 Å². The van der Waals surface area contributed by atoms with E-state index in [9.17, 15) is 8.42 Å². The van der Waals surface area contributed by atoms with Crippen molar-refractivity contribution < 1.29 is 13.2 Å². The predicted molar refractivity (Wildman–Crippen MR) is 79.6 cm³/mol. The van der Waals surface area contributed by atoms with Crippen LogP contribution in [0.5, 0.6) is 5.75 Å². The van der Waals surface area contributed by atoms with Gasteiger partial charge in [-0.3, -0.25) is 4.72 Å². The number of sulfonamides is 1. The Kier molecular flexibility index (Phi) is 4.29. The Morgan fingerprint density at radius 1 is 1.10 bits per heavy atom. The van der Waals surface area contributed by atoms with Crippen molar-refractivity contribution in [2.24, 2.45) is 0 Å². The van der Waals surface area contributed by atoms with E-state index in [1.54, 1.807) is 36.4 Å². The van der Waals surface area contributed by atoms with Crippen molar-refractivity contribution >= 4 is 15.7 Å². The van der Waals surface area contributed by atoms with Crippen molar-refractivity contribution in [3.63, 3.8) is 0 Å². The number of hydrogen-bond donors (Lipinski definition) is 1. The lowest BCUT2D eigenvalue weighted by molar-refractivity contribution is 0.342. The monoisotopic (exact) mass is 291 g/mol. The van der Waals surface area contributed by atoms with Gasteiger partial charge in [-0.1, -0.05) is 24.3 Å². The van der Waals surface area contributed by atoms with Crippen LogP contribution >= 0.6 is 0 Å². The molecule has 5 heteroatoms. The van der Waals surface area contributed by atoms with Crippen LogP contribution in [0.25, 0.3) is 0 Å². The Hall–Kier alpha value is -2.01. The first kappa shape index (κ1) is 14.4.